The van der Waals surface area contributed by atoms with Crippen molar-refractivity contribution in [2.24, 2.45) is 0 Å². The number of aliphatic hydroxyl groups excluding tert-OH is 2. The molecule has 0 bridgehead atoms. The van der Waals surface area contributed by atoms with Crippen molar-refractivity contribution < 1.29 is 14.9 Å². The van der Waals surface area contributed by atoms with Gasteiger partial charge in [0.15, 0.2) is 0 Å². The third kappa shape index (κ3) is 29.8. The van der Waals surface area contributed by atoms with Gasteiger partial charge in [-0.3, -0.25) is 4.66 Å². The maximum Gasteiger partial charge on any atom is 0.0742 e. The Labute approximate surface area is 64.2 Å². The minimum atomic E-state index is -0.560. The Bertz CT molecular complexity index is 28.5. The molecule has 3 nitrogen and oxygen atoms in total. The smallest absolute Gasteiger partial charge is 0.0742 e. The highest BCUT2D eigenvalue weighted by Crippen LogP contribution is 1.68. The SMILES string of the molecule is CC(O)CO.OCl.[Al]. The molecule has 0 aliphatic rings. The van der Waals surface area contributed by atoms with Gasteiger partial charge in [0, 0.05) is 17.4 Å². The van der Waals surface area contributed by atoms with Crippen LogP contribution in [-0.2, 0) is 0 Å². The fraction of sp³-hybridized carbons (Fsp3) is 1.00. The Morgan fingerprint density at radius 3 is 1.62 bits per heavy atom. The highest BCUT2D eigenvalue weighted by atomic mass is 35.5. The summed E-state index contributed by atoms with van der Waals surface area (Å²) in [6, 6.07) is 0. The zero-order valence-corrected chi connectivity index (χ0v) is 6.49. The molecular weight excluding hydrogens is 146 g/mol. The third-order valence-corrected chi connectivity index (χ3v) is 0.264. The van der Waals surface area contributed by atoms with Crippen molar-refractivity contribution in [2.45, 2.75) is 13.0 Å². The number of aliphatic hydroxyl groups is 2. The van der Waals surface area contributed by atoms with Crippen LogP contribution in [0.25, 0.3) is 0 Å². The highest BCUT2D eigenvalue weighted by Gasteiger charge is 1.83. The van der Waals surface area contributed by atoms with Gasteiger partial charge in [0.05, 0.1) is 24.6 Å². The average molecular weight is 156 g/mol. The van der Waals surface area contributed by atoms with Crippen LogP contribution in [0.5, 0.6) is 0 Å². The van der Waals surface area contributed by atoms with Crippen LogP contribution in [0.2, 0.25) is 0 Å². The highest BCUT2D eigenvalue weighted by molar-refractivity contribution is 6.04. The van der Waals surface area contributed by atoms with Crippen LogP contribution < -0.4 is 0 Å². The summed E-state index contributed by atoms with van der Waals surface area (Å²) < 4.78 is 6.47. The summed E-state index contributed by atoms with van der Waals surface area (Å²) in [4.78, 5) is 0. The van der Waals surface area contributed by atoms with E-state index in [1.807, 2.05) is 0 Å². The summed E-state index contributed by atoms with van der Waals surface area (Å²) in [6.07, 6.45) is -0.560. The van der Waals surface area contributed by atoms with E-state index in [1.165, 1.54) is 6.92 Å². The molecule has 0 aromatic heterocycles. The van der Waals surface area contributed by atoms with Crippen LogP contribution in [0.3, 0.4) is 0 Å². The Kier molecular flexibility index (Phi) is 31.1. The second kappa shape index (κ2) is 15.6. The van der Waals surface area contributed by atoms with Crippen molar-refractivity contribution >= 4 is 29.2 Å². The van der Waals surface area contributed by atoms with Gasteiger partial charge in [-0.25, -0.2) is 0 Å². The molecule has 0 spiro atoms. The second-order valence-electron chi connectivity index (χ2n) is 1.03. The van der Waals surface area contributed by atoms with E-state index in [2.05, 4.69) is 11.9 Å². The molecule has 3 N–H and O–H groups in total. The molecule has 0 fully saturated rings. The van der Waals surface area contributed by atoms with Gasteiger partial charge in [-0.05, 0) is 6.92 Å². The lowest BCUT2D eigenvalue weighted by Crippen LogP contribution is -2.03. The van der Waals surface area contributed by atoms with E-state index in [0.29, 0.717) is 0 Å². The lowest BCUT2D eigenvalue weighted by molar-refractivity contribution is 0.110. The fourth-order valence-electron chi connectivity index (χ4n) is 0. The Morgan fingerprint density at radius 1 is 1.50 bits per heavy atom. The molecular formula is C3H9AlClO3. The summed E-state index contributed by atoms with van der Waals surface area (Å²) in [7, 11) is 0. The molecule has 0 aliphatic carbocycles. The van der Waals surface area contributed by atoms with E-state index in [0.717, 1.165) is 0 Å². The lowest BCUT2D eigenvalue weighted by atomic mass is 10.5. The van der Waals surface area contributed by atoms with Gasteiger partial charge in [0.2, 0.25) is 0 Å². The number of hydrogen-bond donors (Lipinski definition) is 3. The van der Waals surface area contributed by atoms with Gasteiger partial charge in [-0.1, -0.05) is 0 Å². The van der Waals surface area contributed by atoms with Crippen LogP contribution in [0, 0.1) is 0 Å². The van der Waals surface area contributed by atoms with E-state index in [4.69, 9.17) is 14.9 Å². The van der Waals surface area contributed by atoms with Crippen LogP contribution in [0.15, 0.2) is 0 Å². The Balaban J connectivity index is -0.0000000750. The monoisotopic (exact) mass is 155 g/mol. The van der Waals surface area contributed by atoms with E-state index in [-0.39, 0.29) is 24.0 Å². The molecule has 0 saturated carbocycles. The molecule has 0 saturated heterocycles. The minimum absolute atomic E-state index is 0. The standard InChI is InChI=1S/C3H8O2.Al.ClHO/c1-3(5)2-4;;1-2/h3-5H,2H2,1H3;;2H. The molecule has 0 aromatic carbocycles. The molecule has 8 heavy (non-hydrogen) atoms. The van der Waals surface area contributed by atoms with Crippen LogP contribution >= 0.6 is 11.9 Å². The molecule has 0 heterocycles. The molecule has 0 amide bonds. The molecule has 0 rings (SSSR count). The quantitative estimate of drug-likeness (QED) is 0.431. The summed E-state index contributed by atoms with van der Waals surface area (Å²) >= 11 is 3.64. The lowest BCUT2D eigenvalue weighted by Gasteiger charge is -1.90. The molecule has 49 valence electrons. The van der Waals surface area contributed by atoms with Crippen LogP contribution in [-0.4, -0.2) is 44.9 Å². The number of hydrogen-bond acceptors (Lipinski definition) is 3. The summed E-state index contributed by atoms with van der Waals surface area (Å²) in [5.41, 5.74) is 0. The van der Waals surface area contributed by atoms with Crippen molar-refractivity contribution in [2.75, 3.05) is 6.61 Å². The van der Waals surface area contributed by atoms with E-state index in [1.54, 1.807) is 0 Å². The molecule has 5 heteroatoms. The normalized spacial score (nSPS) is 10.1. The van der Waals surface area contributed by atoms with Crippen molar-refractivity contribution in [3.63, 3.8) is 0 Å². The molecule has 3 radical (unpaired) electrons. The summed E-state index contributed by atoms with van der Waals surface area (Å²) in [5.74, 6) is 0. The first kappa shape index (κ1) is 15.9. The van der Waals surface area contributed by atoms with E-state index >= 15 is 0 Å². The van der Waals surface area contributed by atoms with Crippen molar-refractivity contribution in [1.29, 1.82) is 0 Å². The molecule has 0 aliphatic heterocycles. The summed E-state index contributed by atoms with van der Waals surface area (Å²) in [5, 5.41) is 16.0. The van der Waals surface area contributed by atoms with Crippen molar-refractivity contribution in [3.8, 4) is 0 Å². The van der Waals surface area contributed by atoms with Gasteiger partial charge in [0.25, 0.3) is 0 Å². The van der Waals surface area contributed by atoms with Gasteiger partial charge in [-0.15, -0.1) is 0 Å². The topological polar surface area (TPSA) is 60.7 Å². The second-order valence-corrected chi connectivity index (χ2v) is 1.03. The Hall–Kier alpha value is 0.702. The molecule has 1 atom stereocenters. The van der Waals surface area contributed by atoms with Gasteiger partial charge < -0.3 is 10.2 Å². The fourth-order valence-corrected chi connectivity index (χ4v) is 0. The van der Waals surface area contributed by atoms with E-state index < -0.39 is 6.10 Å². The maximum atomic E-state index is 8.11. The molecule has 0 aromatic rings. The largest absolute Gasteiger partial charge is 0.394 e. The Morgan fingerprint density at radius 2 is 1.62 bits per heavy atom. The maximum absolute atomic E-state index is 8.11. The molecule has 1 unspecified atom stereocenters. The average Bonchev–Trinajstić information content (AvgIpc) is 1.73. The summed E-state index contributed by atoms with van der Waals surface area (Å²) in [6.45, 7) is 1.39. The first-order valence-corrected chi connectivity index (χ1v) is 2.07. The zero-order valence-electron chi connectivity index (χ0n) is 4.58. The number of halogens is 1. The van der Waals surface area contributed by atoms with Crippen molar-refractivity contribution in [3.05, 3.63) is 0 Å². The zero-order chi connectivity index (χ0) is 6.28. The van der Waals surface area contributed by atoms with Gasteiger partial charge >= 0.3 is 0 Å². The number of rotatable bonds is 1. The third-order valence-electron chi connectivity index (χ3n) is 0.264. The predicted molar refractivity (Wildman–Crippen MR) is 32.6 cm³/mol. The van der Waals surface area contributed by atoms with E-state index in [9.17, 15) is 0 Å². The van der Waals surface area contributed by atoms with Crippen LogP contribution in [0.4, 0.5) is 0 Å². The van der Waals surface area contributed by atoms with Gasteiger partial charge in [0.1, 0.15) is 0 Å². The minimum Gasteiger partial charge on any atom is -0.394 e. The van der Waals surface area contributed by atoms with Gasteiger partial charge in [-0.2, -0.15) is 0 Å². The first-order chi connectivity index (χ1) is 3.27. The van der Waals surface area contributed by atoms with Crippen LogP contribution in [0.1, 0.15) is 6.92 Å². The van der Waals surface area contributed by atoms with Crippen molar-refractivity contribution in [1.82, 2.24) is 0 Å². The predicted octanol–water partition coefficient (Wildman–Crippen LogP) is -0.889. The first-order valence-electron chi connectivity index (χ1n) is 1.73.